The highest BCUT2D eigenvalue weighted by Gasteiger charge is 2.52. The molecule has 0 amide bonds. The predicted octanol–water partition coefficient (Wildman–Crippen LogP) is 7.75. The number of ether oxygens (including phenoxy) is 4. The summed E-state index contributed by atoms with van der Waals surface area (Å²) in [4.78, 5) is 9.89. The van der Waals surface area contributed by atoms with Crippen molar-refractivity contribution in [2.24, 2.45) is 0 Å². The largest absolute Gasteiger partial charge is 0.456 e. The summed E-state index contributed by atoms with van der Waals surface area (Å²) in [6.07, 6.45) is 4.40. The Morgan fingerprint density at radius 1 is 1.06 bits per heavy atom. The van der Waals surface area contributed by atoms with Crippen LogP contribution in [0.1, 0.15) is 55.5 Å². The maximum atomic E-state index is 15.4. The zero-order chi connectivity index (χ0) is 36.0. The molecule has 13 heteroatoms. The minimum atomic E-state index is -2.03. The molecule has 50 heavy (non-hydrogen) atoms. The van der Waals surface area contributed by atoms with Crippen LogP contribution in [0.4, 0.5) is 4.39 Å². The Balaban J connectivity index is 1.25. The fourth-order valence-corrected chi connectivity index (χ4v) is 9.10. The van der Waals surface area contributed by atoms with Gasteiger partial charge in [0.2, 0.25) is 0 Å². The molecule has 2 fully saturated rings. The van der Waals surface area contributed by atoms with Crippen LogP contribution in [0, 0.1) is 5.82 Å². The van der Waals surface area contributed by atoms with Gasteiger partial charge < -0.3 is 28.5 Å². The Hall–Kier alpha value is -2.17. The van der Waals surface area contributed by atoms with E-state index in [-0.39, 0.29) is 54.5 Å². The molecule has 0 radical (unpaired) electrons. The van der Waals surface area contributed by atoms with Crippen molar-refractivity contribution in [3.63, 3.8) is 0 Å². The summed E-state index contributed by atoms with van der Waals surface area (Å²) >= 11 is 6.86. The van der Waals surface area contributed by atoms with E-state index in [2.05, 4.69) is 53.5 Å². The van der Waals surface area contributed by atoms with E-state index in [0.717, 1.165) is 35.6 Å². The van der Waals surface area contributed by atoms with Crippen LogP contribution in [-0.2, 0) is 38.2 Å². The van der Waals surface area contributed by atoms with Crippen LogP contribution in [0.2, 0.25) is 48.8 Å². The number of aliphatic hydroxyl groups is 1. The van der Waals surface area contributed by atoms with E-state index < -0.39 is 16.4 Å². The van der Waals surface area contributed by atoms with Gasteiger partial charge in [-0.1, -0.05) is 70.2 Å². The fraction of sp³-hybridized carbons (Fsp3) is 0.622. The number of nitrogens with zero attached hydrogens (tertiary/aromatic N) is 3. The molecule has 0 spiro atoms. The number of halogens is 2. The third kappa shape index (κ3) is 8.07. The fourth-order valence-electron chi connectivity index (χ4n) is 6.81. The molecule has 2 aliphatic heterocycles. The number of aliphatic hydroxyl groups excluding tert-OH is 1. The molecule has 4 heterocycles. The van der Waals surface area contributed by atoms with E-state index in [1.807, 2.05) is 16.7 Å². The number of imidazole rings is 1. The molecule has 1 aromatic carbocycles. The van der Waals surface area contributed by atoms with Crippen LogP contribution in [0.25, 0.3) is 17.2 Å². The molecule has 0 unspecified atom stereocenters. The molecule has 0 bridgehead atoms. The van der Waals surface area contributed by atoms with Gasteiger partial charge in [-0.15, -0.1) is 0 Å². The smallest absolute Gasteiger partial charge is 0.301 e. The number of fused-ring (bicyclic) bond motifs is 3. The molecule has 5 atom stereocenters. The van der Waals surface area contributed by atoms with Gasteiger partial charge in [-0.25, -0.2) is 9.37 Å². The third-order valence-electron chi connectivity index (χ3n) is 10.7. The summed E-state index contributed by atoms with van der Waals surface area (Å²) in [6.45, 7) is 19.7. The highest BCUT2D eigenvalue weighted by atomic mass is 35.5. The zero-order valence-corrected chi connectivity index (χ0v) is 33.5. The topological polar surface area (TPSA) is 97.1 Å². The van der Waals surface area contributed by atoms with Gasteiger partial charge in [0, 0.05) is 14.7 Å². The number of benzene rings is 1. The number of aryl methyl sites for hydroxylation is 1. The summed E-state index contributed by atoms with van der Waals surface area (Å²) in [7, 11) is -3.34. The molecule has 2 aromatic heterocycles. The normalized spacial score (nSPS) is 24.1. The average molecular weight is 746 g/mol. The summed E-state index contributed by atoms with van der Waals surface area (Å²) in [6, 6.07) is 6.76. The van der Waals surface area contributed by atoms with Crippen molar-refractivity contribution in [2.75, 3.05) is 26.4 Å². The molecular weight excluding hydrogens is 693 g/mol. The number of hydrogen-bond donors (Lipinski definition) is 1. The molecule has 274 valence electrons. The van der Waals surface area contributed by atoms with Crippen LogP contribution in [0.5, 0.6) is 6.01 Å². The van der Waals surface area contributed by atoms with Crippen molar-refractivity contribution >= 4 is 45.2 Å². The van der Waals surface area contributed by atoms with Gasteiger partial charge in [-0.05, 0) is 78.2 Å². The molecule has 2 saturated heterocycles. The zero-order valence-electron chi connectivity index (χ0n) is 30.7. The second kappa shape index (κ2) is 14.7. The molecule has 3 aliphatic rings. The lowest BCUT2D eigenvalue weighted by Gasteiger charge is -2.39. The van der Waals surface area contributed by atoms with Crippen LogP contribution < -0.4 is 4.74 Å². The van der Waals surface area contributed by atoms with Gasteiger partial charge in [0.15, 0.2) is 20.1 Å². The highest BCUT2D eigenvalue weighted by Crippen LogP contribution is 2.42. The second-order valence-corrected chi connectivity index (χ2v) is 27.5. The molecule has 3 aromatic rings. The Bertz CT molecular complexity index is 1720. The number of rotatable bonds is 13. The lowest BCUT2D eigenvalue weighted by Crippen LogP contribution is -2.47. The van der Waals surface area contributed by atoms with Crippen LogP contribution >= 0.6 is 11.6 Å². The van der Waals surface area contributed by atoms with Gasteiger partial charge in [0.1, 0.15) is 30.3 Å². The number of hydrogen-bond acceptors (Lipinski definition) is 8. The SMILES string of the molecule is CC(C)(C)[Si](C)(C)O[C@@H]1CO[C@H]2[C@@H]1OC[C@H]2Oc1nc2cc(Cl)c(C[C@H]3CCc4cc(/C=C/CO)cc(F)c43)nc2n1COCC[Si](C)(C)C. The molecule has 6 rings (SSSR count). The van der Waals surface area contributed by atoms with Gasteiger partial charge in [-0.3, -0.25) is 4.57 Å². The van der Waals surface area contributed by atoms with Crippen molar-refractivity contribution in [3.8, 4) is 6.01 Å². The van der Waals surface area contributed by atoms with Gasteiger partial charge in [0.25, 0.3) is 0 Å². The number of pyridine rings is 1. The minimum absolute atomic E-state index is 0.0584. The van der Waals surface area contributed by atoms with E-state index in [1.54, 1.807) is 12.2 Å². The quantitative estimate of drug-likeness (QED) is 0.140. The first-order chi connectivity index (χ1) is 23.5. The van der Waals surface area contributed by atoms with Crippen LogP contribution in [0.3, 0.4) is 0 Å². The number of aromatic nitrogens is 3. The second-order valence-electron chi connectivity index (χ2n) is 16.7. The molecule has 1 aliphatic carbocycles. The highest BCUT2D eigenvalue weighted by molar-refractivity contribution is 6.76. The first-order valence-electron chi connectivity index (χ1n) is 17.9. The van der Waals surface area contributed by atoms with Crippen molar-refractivity contribution in [3.05, 3.63) is 57.5 Å². The lowest BCUT2D eigenvalue weighted by molar-refractivity contribution is 0.00687. The van der Waals surface area contributed by atoms with Crippen LogP contribution in [0.15, 0.2) is 24.3 Å². The maximum Gasteiger partial charge on any atom is 0.301 e. The average Bonchev–Trinajstić information content (AvgIpc) is 3.79. The molecule has 1 N–H and O–H groups in total. The monoisotopic (exact) mass is 745 g/mol. The Morgan fingerprint density at radius 2 is 1.78 bits per heavy atom. The predicted molar refractivity (Wildman–Crippen MR) is 200 cm³/mol. The van der Waals surface area contributed by atoms with Gasteiger partial charge in [0.05, 0.1) is 36.6 Å². The lowest BCUT2D eigenvalue weighted by atomic mass is 9.94. The van der Waals surface area contributed by atoms with Crippen molar-refractivity contribution in [1.29, 1.82) is 0 Å². The first kappa shape index (κ1) is 37.6. The van der Waals surface area contributed by atoms with Crippen LogP contribution in [-0.4, -0.2) is 86.9 Å². The molecule has 0 saturated carbocycles. The van der Waals surface area contributed by atoms with Crippen molar-refractivity contribution in [1.82, 2.24) is 14.5 Å². The maximum absolute atomic E-state index is 15.4. The Kier molecular flexibility index (Phi) is 11.0. The minimum Gasteiger partial charge on any atom is -0.456 e. The van der Waals surface area contributed by atoms with Gasteiger partial charge >= 0.3 is 6.01 Å². The van der Waals surface area contributed by atoms with E-state index in [0.29, 0.717) is 54.1 Å². The summed E-state index contributed by atoms with van der Waals surface area (Å²) in [5.41, 5.74) is 4.36. The van der Waals surface area contributed by atoms with Gasteiger partial charge in [-0.2, -0.15) is 4.98 Å². The molecule has 9 nitrogen and oxygen atoms in total. The summed E-state index contributed by atoms with van der Waals surface area (Å²) in [5.74, 6) is -0.295. The van der Waals surface area contributed by atoms with E-state index in [1.165, 1.54) is 6.07 Å². The van der Waals surface area contributed by atoms with Crippen molar-refractivity contribution in [2.45, 2.75) is 121 Å². The van der Waals surface area contributed by atoms with E-state index in [9.17, 15) is 0 Å². The molecular formula is C37H53ClFN3O6Si2. The summed E-state index contributed by atoms with van der Waals surface area (Å²) in [5, 5.41) is 9.71. The Morgan fingerprint density at radius 3 is 2.48 bits per heavy atom. The first-order valence-corrected chi connectivity index (χ1v) is 24.8. The third-order valence-corrected chi connectivity index (χ3v) is 17.2. The van der Waals surface area contributed by atoms with E-state index in [4.69, 9.17) is 50.0 Å². The standard InChI is InChI=1S/C37H53ClFN3O6Si2/c1-37(2,3)50(7,8)48-31-21-46-33-30(20-45-34(31)33)47-36-41-29-19-26(38)28(40-35(29)42(36)22-44-14-15-49(4,5)6)18-25-12-11-24-16-23(10-9-13-43)17-27(39)32(24)25/h9-10,16-17,19,25,30-31,33-34,43H,11-15,18,20-22H2,1-8H3/b10-9+/t25-,30-,31-,33-,34-/m1/s1. The van der Waals surface area contributed by atoms with Crippen molar-refractivity contribution < 1.29 is 32.9 Å². The Labute approximate surface area is 302 Å². The summed E-state index contributed by atoms with van der Waals surface area (Å²) < 4.78 is 49.3. The van der Waals surface area contributed by atoms with E-state index >= 15 is 4.39 Å².